The second kappa shape index (κ2) is 8.39. The summed E-state index contributed by atoms with van der Waals surface area (Å²) in [6.45, 7) is 0. The SMILES string of the molecule is O=C(CCC/C=C/c1ccccc1)Sc1ccccc1. The van der Waals surface area contributed by atoms with Crippen LogP contribution in [0.25, 0.3) is 6.08 Å². The van der Waals surface area contributed by atoms with E-state index in [2.05, 4.69) is 24.3 Å². The fourth-order valence-electron chi connectivity index (χ4n) is 1.82. The minimum absolute atomic E-state index is 0.240. The topological polar surface area (TPSA) is 17.1 Å². The molecule has 0 atom stereocenters. The monoisotopic (exact) mass is 282 g/mol. The number of benzene rings is 2. The Hall–Kier alpha value is -1.80. The van der Waals surface area contributed by atoms with Crippen molar-refractivity contribution in [2.45, 2.75) is 24.2 Å². The molecule has 0 bridgehead atoms. The van der Waals surface area contributed by atoms with Crippen LogP contribution in [0.4, 0.5) is 0 Å². The van der Waals surface area contributed by atoms with Crippen LogP contribution in [0.3, 0.4) is 0 Å². The van der Waals surface area contributed by atoms with Crippen molar-refractivity contribution < 1.29 is 4.79 Å². The summed E-state index contributed by atoms with van der Waals surface area (Å²) < 4.78 is 0. The third kappa shape index (κ3) is 5.45. The number of carbonyl (C=O) groups excluding carboxylic acids is 1. The number of thioether (sulfide) groups is 1. The standard InChI is InChI=1S/C18H18OS/c19-18(20-17-13-7-3-8-14-17)15-9-2-6-12-16-10-4-1-5-11-16/h1,3-8,10-14H,2,9,15H2/b12-6+. The first-order valence-electron chi connectivity index (χ1n) is 6.82. The van der Waals surface area contributed by atoms with Crippen LogP contribution in [-0.2, 0) is 4.79 Å². The molecule has 0 saturated carbocycles. The zero-order valence-electron chi connectivity index (χ0n) is 11.4. The molecular weight excluding hydrogens is 264 g/mol. The minimum Gasteiger partial charge on any atom is -0.287 e. The molecule has 0 aliphatic heterocycles. The maximum absolute atomic E-state index is 11.8. The summed E-state index contributed by atoms with van der Waals surface area (Å²) >= 11 is 1.34. The maximum atomic E-state index is 11.8. The van der Waals surface area contributed by atoms with Crippen molar-refractivity contribution in [3.63, 3.8) is 0 Å². The average Bonchev–Trinajstić information content (AvgIpc) is 2.49. The predicted octanol–water partition coefficient (Wildman–Crippen LogP) is 5.19. The molecule has 0 aliphatic rings. The van der Waals surface area contributed by atoms with Gasteiger partial charge in [0.15, 0.2) is 5.12 Å². The molecule has 0 unspecified atom stereocenters. The average molecular weight is 282 g/mol. The lowest BCUT2D eigenvalue weighted by Crippen LogP contribution is -1.90. The summed E-state index contributed by atoms with van der Waals surface area (Å²) in [6.07, 6.45) is 6.71. The van der Waals surface area contributed by atoms with Gasteiger partial charge in [-0.25, -0.2) is 0 Å². The van der Waals surface area contributed by atoms with Crippen LogP contribution in [-0.4, -0.2) is 5.12 Å². The molecule has 0 fully saturated rings. The molecule has 2 heteroatoms. The van der Waals surface area contributed by atoms with E-state index in [0.29, 0.717) is 6.42 Å². The Labute approximate surface area is 124 Å². The number of allylic oxidation sites excluding steroid dienone is 1. The highest BCUT2D eigenvalue weighted by molar-refractivity contribution is 8.13. The first-order chi connectivity index (χ1) is 9.84. The van der Waals surface area contributed by atoms with Crippen LogP contribution >= 0.6 is 11.8 Å². The van der Waals surface area contributed by atoms with Gasteiger partial charge in [0.05, 0.1) is 0 Å². The molecule has 0 saturated heterocycles. The molecule has 0 heterocycles. The normalized spacial score (nSPS) is 10.8. The quantitative estimate of drug-likeness (QED) is 0.536. The molecule has 0 radical (unpaired) electrons. The lowest BCUT2D eigenvalue weighted by molar-refractivity contribution is -0.111. The second-order valence-corrected chi connectivity index (χ2v) is 5.62. The van der Waals surface area contributed by atoms with Crippen molar-refractivity contribution in [3.05, 3.63) is 72.3 Å². The van der Waals surface area contributed by atoms with Crippen molar-refractivity contribution in [1.29, 1.82) is 0 Å². The summed E-state index contributed by atoms with van der Waals surface area (Å²) in [5, 5.41) is 0.240. The van der Waals surface area contributed by atoms with Crippen molar-refractivity contribution in [2.75, 3.05) is 0 Å². The van der Waals surface area contributed by atoms with Gasteiger partial charge in [0, 0.05) is 11.3 Å². The fraction of sp³-hybridized carbons (Fsp3) is 0.167. The van der Waals surface area contributed by atoms with E-state index in [0.717, 1.165) is 17.7 Å². The van der Waals surface area contributed by atoms with Crippen molar-refractivity contribution in [1.82, 2.24) is 0 Å². The number of unbranched alkanes of at least 4 members (excludes halogenated alkanes) is 1. The van der Waals surface area contributed by atoms with E-state index in [1.807, 2.05) is 48.5 Å². The Morgan fingerprint density at radius 2 is 1.60 bits per heavy atom. The smallest absolute Gasteiger partial charge is 0.193 e. The number of hydrogen-bond acceptors (Lipinski definition) is 2. The Morgan fingerprint density at radius 3 is 2.30 bits per heavy atom. The number of rotatable bonds is 6. The largest absolute Gasteiger partial charge is 0.287 e. The molecular formula is C18H18OS. The van der Waals surface area contributed by atoms with Gasteiger partial charge >= 0.3 is 0 Å². The zero-order chi connectivity index (χ0) is 14.0. The minimum atomic E-state index is 0.240. The third-order valence-corrected chi connectivity index (χ3v) is 3.78. The van der Waals surface area contributed by atoms with E-state index < -0.39 is 0 Å². The molecule has 2 aromatic rings. The van der Waals surface area contributed by atoms with Crippen LogP contribution in [0.15, 0.2) is 71.6 Å². The van der Waals surface area contributed by atoms with Crippen LogP contribution in [0.2, 0.25) is 0 Å². The van der Waals surface area contributed by atoms with Gasteiger partial charge in [-0.2, -0.15) is 0 Å². The molecule has 1 nitrogen and oxygen atoms in total. The Morgan fingerprint density at radius 1 is 0.950 bits per heavy atom. The molecule has 0 aromatic heterocycles. The van der Waals surface area contributed by atoms with Gasteiger partial charge < -0.3 is 0 Å². The van der Waals surface area contributed by atoms with Gasteiger partial charge in [-0.3, -0.25) is 4.79 Å². The number of hydrogen-bond donors (Lipinski definition) is 0. The van der Waals surface area contributed by atoms with Crippen molar-refractivity contribution in [3.8, 4) is 0 Å². The first-order valence-corrected chi connectivity index (χ1v) is 7.63. The number of carbonyl (C=O) groups is 1. The molecule has 0 N–H and O–H groups in total. The highest BCUT2D eigenvalue weighted by Gasteiger charge is 2.03. The van der Waals surface area contributed by atoms with Gasteiger partial charge in [0.1, 0.15) is 0 Å². The summed E-state index contributed by atoms with van der Waals surface area (Å²) in [7, 11) is 0. The zero-order valence-corrected chi connectivity index (χ0v) is 12.2. The van der Waals surface area contributed by atoms with Gasteiger partial charge in [-0.05, 0) is 30.5 Å². The summed E-state index contributed by atoms with van der Waals surface area (Å²) in [5.41, 5.74) is 1.21. The van der Waals surface area contributed by atoms with Gasteiger partial charge in [0.25, 0.3) is 0 Å². The van der Waals surface area contributed by atoms with E-state index in [-0.39, 0.29) is 5.12 Å². The molecule has 2 rings (SSSR count). The van der Waals surface area contributed by atoms with Crippen LogP contribution in [0.1, 0.15) is 24.8 Å². The summed E-state index contributed by atoms with van der Waals surface area (Å²) in [5.74, 6) is 0. The fourth-order valence-corrected chi connectivity index (χ4v) is 2.62. The third-order valence-electron chi connectivity index (χ3n) is 2.84. The molecule has 20 heavy (non-hydrogen) atoms. The second-order valence-electron chi connectivity index (χ2n) is 4.49. The van der Waals surface area contributed by atoms with Gasteiger partial charge in [-0.1, -0.05) is 72.4 Å². The maximum Gasteiger partial charge on any atom is 0.193 e. The Balaban J connectivity index is 1.66. The summed E-state index contributed by atoms with van der Waals surface area (Å²) in [4.78, 5) is 12.8. The van der Waals surface area contributed by atoms with Crippen LogP contribution in [0, 0.1) is 0 Å². The van der Waals surface area contributed by atoms with E-state index in [9.17, 15) is 4.79 Å². The van der Waals surface area contributed by atoms with Gasteiger partial charge in [0.2, 0.25) is 0 Å². The lowest BCUT2D eigenvalue weighted by Gasteiger charge is -1.99. The lowest BCUT2D eigenvalue weighted by atomic mass is 10.2. The van der Waals surface area contributed by atoms with E-state index >= 15 is 0 Å². The highest BCUT2D eigenvalue weighted by Crippen LogP contribution is 2.20. The highest BCUT2D eigenvalue weighted by atomic mass is 32.2. The van der Waals surface area contributed by atoms with Crippen LogP contribution < -0.4 is 0 Å². The molecule has 2 aromatic carbocycles. The Kier molecular flexibility index (Phi) is 6.12. The summed E-state index contributed by atoms with van der Waals surface area (Å²) in [6, 6.07) is 20.0. The van der Waals surface area contributed by atoms with Crippen molar-refractivity contribution in [2.24, 2.45) is 0 Å². The van der Waals surface area contributed by atoms with Crippen molar-refractivity contribution >= 4 is 23.0 Å². The molecule has 0 spiro atoms. The molecule has 0 amide bonds. The van der Waals surface area contributed by atoms with E-state index in [1.54, 1.807) is 0 Å². The van der Waals surface area contributed by atoms with Gasteiger partial charge in [-0.15, -0.1) is 0 Å². The molecule has 0 aliphatic carbocycles. The molecule has 102 valence electrons. The predicted molar refractivity (Wildman–Crippen MR) is 86.6 cm³/mol. The first kappa shape index (κ1) is 14.6. The van der Waals surface area contributed by atoms with Crippen LogP contribution in [0.5, 0.6) is 0 Å². The van der Waals surface area contributed by atoms with E-state index in [1.165, 1.54) is 17.3 Å². The van der Waals surface area contributed by atoms with E-state index in [4.69, 9.17) is 0 Å². The Bertz CT molecular complexity index is 546.